The fraction of sp³-hybridized carbons (Fsp3) is 0.0714. The Morgan fingerprint density at radius 1 is 1.30 bits per heavy atom. The molecule has 0 saturated heterocycles. The highest BCUT2D eigenvalue weighted by molar-refractivity contribution is 7.21. The number of aliphatic carboxylic acids is 1. The molecule has 0 bridgehead atoms. The molecule has 2 aromatic heterocycles. The highest BCUT2D eigenvalue weighted by atomic mass is 32.1. The zero-order valence-electron chi connectivity index (χ0n) is 10.3. The van der Waals surface area contributed by atoms with Crippen molar-refractivity contribution in [3.8, 4) is 10.4 Å². The lowest BCUT2D eigenvalue weighted by Crippen LogP contribution is -2.32. The molecular weight excluding hydrogens is 276 g/mol. The van der Waals surface area contributed by atoms with Crippen LogP contribution in [-0.4, -0.2) is 15.5 Å². The standard InChI is InChI=1S/C14H10N2O3S/c17-12(18)7-16-8-15-13-10(14(16)19)6-11(20-13)9-4-2-1-3-5-9/h1-6,8H,7H2,(H,17,18)/p-1. The monoisotopic (exact) mass is 285 g/mol. The Morgan fingerprint density at radius 2 is 2.05 bits per heavy atom. The number of carbonyl (C=O) groups is 1. The largest absolute Gasteiger partial charge is 0.548 e. The molecule has 0 aliphatic carbocycles. The lowest BCUT2D eigenvalue weighted by molar-refractivity contribution is -0.306. The van der Waals surface area contributed by atoms with Crippen molar-refractivity contribution >= 4 is 27.5 Å². The summed E-state index contributed by atoms with van der Waals surface area (Å²) in [4.78, 5) is 28.4. The van der Waals surface area contributed by atoms with Crippen molar-refractivity contribution in [3.63, 3.8) is 0 Å². The van der Waals surface area contributed by atoms with Gasteiger partial charge in [0.15, 0.2) is 0 Å². The van der Waals surface area contributed by atoms with Gasteiger partial charge < -0.3 is 9.90 Å². The molecule has 0 fully saturated rings. The van der Waals surface area contributed by atoms with Crippen LogP contribution in [0.15, 0.2) is 47.5 Å². The van der Waals surface area contributed by atoms with Gasteiger partial charge in [0.1, 0.15) is 4.83 Å². The maximum atomic E-state index is 12.1. The SMILES string of the molecule is O=C([O-])Cn1cnc2sc(-c3ccccc3)cc2c1=O. The van der Waals surface area contributed by atoms with Crippen LogP contribution >= 0.6 is 11.3 Å². The predicted octanol–water partition coefficient (Wildman–Crippen LogP) is 0.875. The molecule has 0 amide bonds. The average molecular weight is 285 g/mol. The van der Waals surface area contributed by atoms with Gasteiger partial charge in [-0.3, -0.25) is 9.36 Å². The normalized spacial score (nSPS) is 10.8. The number of nitrogens with zero attached hydrogens (tertiary/aromatic N) is 2. The number of carboxylic acids is 1. The van der Waals surface area contributed by atoms with Crippen molar-refractivity contribution < 1.29 is 9.90 Å². The van der Waals surface area contributed by atoms with Crippen LogP contribution in [0.2, 0.25) is 0 Å². The van der Waals surface area contributed by atoms with Gasteiger partial charge in [0.2, 0.25) is 0 Å². The van der Waals surface area contributed by atoms with Crippen molar-refractivity contribution in [3.05, 3.63) is 53.1 Å². The minimum absolute atomic E-state index is 0.363. The molecule has 0 radical (unpaired) electrons. The third-order valence-corrected chi connectivity index (χ3v) is 3.97. The van der Waals surface area contributed by atoms with Crippen molar-refractivity contribution in [1.82, 2.24) is 9.55 Å². The zero-order valence-corrected chi connectivity index (χ0v) is 11.1. The van der Waals surface area contributed by atoms with Crippen LogP contribution in [0, 0.1) is 0 Å². The first-order chi connectivity index (χ1) is 9.65. The van der Waals surface area contributed by atoms with Gasteiger partial charge >= 0.3 is 0 Å². The highest BCUT2D eigenvalue weighted by Gasteiger charge is 2.10. The lowest BCUT2D eigenvalue weighted by atomic mass is 10.2. The Kier molecular flexibility index (Phi) is 3.08. The third-order valence-electron chi connectivity index (χ3n) is 2.88. The number of carbonyl (C=O) groups excluding carboxylic acids is 1. The minimum Gasteiger partial charge on any atom is -0.548 e. The Bertz CT molecular complexity index is 836. The van der Waals surface area contributed by atoms with E-state index in [-0.39, 0.29) is 5.56 Å². The number of rotatable bonds is 3. The Hall–Kier alpha value is -2.47. The molecule has 0 N–H and O–H groups in total. The summed E-state index contributed by atoms with van der Waals surface area (Å²) in [6, 6.07) is 11.4. The molecule has 0 atom stereocenters. The number of aromatic nitrogens is 2. The van der Waals surface area contributed by atoms with Crippen molar-refractivity contribution in [1.29, 1.82) is 0 Å². The van der Waals surface area contributed by atoms with E-state index in [4.69, 9.17) is 0 Å². The summed E-state index contributed by atoms with van der Waals surface area (Å²) in [7, 11) is 0. The molecule has 5 nitrogen and oxygen atoms in total. The molecule has 100 valence electrons. The molecule has 20 heavy (non-hydrogen) atoms. The second-order valence-corrected chi connectivity index (χ2v) is 5.28. The van der Waals surface area contributed by atoms with E-state index in [2.05, 4.69) is 4.98 Å². The third kappa shape index (κ3) is 2.21. The summed E-state index contributed by atoms with van der Waals surface area (Å²) in [6.45, 7) is -0.488. The molecule has 1 aromatic carbocycles. The molecule has 0 aliphatic heterocycles. The van der Waals surface area contributed by atoms with Crippen LogP contribution in [-0.2, 0) is 11.3 Å². The van der Waals surface area contributed by atoms with Crippen LogP contribution in [0.1, 0.15) is 0 Å². The number of fused-ring (bicyclic) bond motifs is 1. The summed E-state index contributed by atoms with van der Waals surface area (Å²) >= 11 is 1.40. The number of hydrogen-bond donors (Lipinski definition) is 0. The Labute approximate surface area is 117 Å². The fourth-order valence-electron chi connectivity index (χ4n) is 1.96. The summed E-state index contributed by atoms with van der Waals surface area (Å²) < 4.78 is 1.04. The molecular formula is C14H9N2O3S-. The summed E-state index contributed by atoms with van der Waals surface area (Å²) in [6.07, 6.45) is 1.24. The topological polar surface area (TPSA) is 75.0 Å². The molecule has 0 unspecified atom stereocenters. The number of hydrogen-bond acceptors (Lipinski definition) is 5. The van der Waals surface area contributed by atoms with Gasteiger partial charge in [-0.1, -0.05) is 30.3 Å². The minimum atomic E-state index is -1.31. The van der Waals surface area contributed by atoms with E-state index in [1.54, 1.807) is 6.07 Å². The number of thiophene rings is 1. The van der Waals surface area contributed by atoms with Gasteiger partial charge in [0, 0.05) is 4.88 Å². The quantitative estimate of drug-likeness (QED) is 0.715. The van der Waals surface area contributed by atoms with E-state index in [1.165, 1.54) is 17.7 Å². The molecule has 3 aromatic rings. The van der Waals surface area contributed by atoms with Gasteiger partial charge in [-0.15, -0.1) is 11.3 Å². The van der Waals surface area contributed by atoms with E-state index < -0.39 is 12.5 Å². The molecule has 3 rings (SSSR count). The van der Waals surface area contributed by atoms with Crippen LogP contribution in [0.25, 0.3) is 20.7 Å². The summed E-state index contributed by atoms with van der Waals surface area (Å²) in [5, 5.41) is 11.0. The molecule has 6 heteroatoms. The second kappa shape index (κ2) is 4.90. The first-order valence-electron chi connectivity index (χ1n) is 5.89. The molecule has 0 aliphatic rings. The second-order valence-electron chi connectivity index (χ2n) is 4.25. The lowest BCUT2D eigenvalue weighted by Gasteiger charge is -2.04. The van der Waals surface area contributed by atoms with Gasteiger partial charge in [-0.25, -0.2) is 4.98 Å². The first kappa shape index (κ1) is 12.6. The molecule has 2 heterocycles. The number of carboxylic acid groups (broad SMARTS) is 1. The van der Waals surface area contributed by atoms with E-state index >= 15 is 0 Å². The van der Waals surface area contributed by atoms with E-state index in [1.807, 2.05) is 30.3 Å². The Morgan fingerprint density at radius 3 is 2.75 bits per heavy atom. The maximum absolute atomic E-state index is 12.1. The molecule has 0 saturated carbocycles. The first-order valence-corrected chi connectivity index (χ1v) is 6.71. The van der Waals surface area contributed by atoms with Gasteiger partial charge in [-0.05, 0) is 11.6 Å². The highest BCUT2D eigenvalue weighted by Crippen LogP contribution is 2.30. The van der Waals surface area contributed by atoms with Crippen molar-refractivity contribution in [2.45, 2.75) is 6.54 Å². The van der Waals surface area contributed by atoms with E-state index in [9.17, 15) is 14.7 Å². The van der Waals surface area contributed by atoms with Crippen LogP contribution in [0.4, 0.5) is 0 Å². The van der Waals surface area contributed by atoms with Crippen molar-refractivity contribution in [2.75, 3.05) is 0 Å². The molecule has 0 spiro atoms. The van der Waals surface area contributed by atoms with Crippen LogP contribution in [0.5, 0.6) is 0 Å². The number of benzene rings is 1. The van der Waals surface area contributed by atoms with Crippen LogP contribution in [0.3, 0.4) is 0 Å². The van der Waals surface area contributed by atoms with Gasteiger partial charge in [0.25, 0.3) is 5.56 Å². The van der Waals surface area contributed by atoms with Gasteiger partial charge in [0.05, 0.1) is 24.2 Å². The van der Waals surface area contributed by atoms with Crippen LogP contribution < -0.4 is 10.7 Å². The smallest absolute Gasteiger partial charge is 0.262 e. The Balaban J connectivity index is 2.15. The summed E-state index contributed by atoms with van der Waals surface area (Å²) in [5.74, 6) is -1.31. The average Bonchev–Trinajstić information content (AvgIpc) is 2.87. The fourth-order valence-corrected chi connectivity index (χ4v) is 2.95. The van der Waals surface area contributed by atoms with Gasteiger partial charge in [-0.2, -0.15) is 0 Å². The van der Waals surface area contributed by atoms with E-state index in [0.29, 0.717) is 10.2 Å². The zero-order chi connectivity index (χ0) is 14.1. The predicted molar refractivity (Wildman–Crippen MR) is 74.3 cm³/mol. The van der Waals surface area contributed by atoms with E-state index in [0.717, 1.165) is 15.0 Å². The maximum Gasteiger partial charge on any atom is 0.262 e. The van der Waals surface area contributed by atoms with Crippen molar-refractivity contribution in [2.24, 2.45) is 0 Å². The summed E-state index contributed by atoms with van der Waals surface area (Å²) in [5.41, 5.74) is 0.638.